The molecule has 0 saturated carbocycles. The molecule has 4 rings (SSSR count). The fourth-order valence-corrected chi connectivity index (χ4v) is 3.81. The molecule has 0 aliphatic rings. The van der Waals surface area contributed by atoms with Crippen LogP contribution in [0, 0.1) is 13.8 Å². The van der Waals surface area contributed by atoms with Gasteiger partial charge in [0.05, 0.1) is 21.1 Å². The average Bonchev–Trinajstić information content (AvgIpc) is 3.22. The van der Waals surface area contributed by atoms with Crippen LogP contribution < -0.4 is 0 Å². The second-order valence-electron chi connectivity index (χ2n) is 5.89. The van der Waals surface area contributed by atoms with Crippen LogP contribution in [-0.2, 0) is 0 Å². The normalized spacial score (nSPS) is 11.5. The Morgan fingerprint density at radius 2 is 1.85 bits per heavy atom. The Hall–Kier alpha value is -2.90. The van der Waals surface area contributed by atoms with Crippen LogP contribution in [0.5, 0.6) is 0 Å². The lowest BCUT2D eigenvalue weighted by molar-refractivity contribution is 0.0942. The van der Waals surface area contributed by atoms with Crippen molar-refractivity contribution in [3.05, 3.63) is 70.5 Å². The van der Waals surface area contributed by atoms with Crippen LogP contribution >= 0.6 is 22.9 Å². The minimum absolute atomic E-state index is 0.204. The van der Waals surface area contributed by atoms with Crippen molar-refractivity contribution in [2.45, 2.75) is 13.8 Å². The molecule has 0 saturated heterocycles. The molecule has 6 nitrogen and oxygen atoms in total. The summed E-state index contributed by atoms with van der Waals surface area (Å²) >= 11 is 7.56. The summed E-state index contributed by atoms with van der Waals surface area (Å²) < 4.78 is 2.30. The molecule has 0 atom stereocenters. The third-order valence-electron chi connectivity index (χ3n) is 4.06. The lowest BCUT2D eigenvalue weighted by Crippen LogP contribution is -2.15. The van der Waals surface area contributed by atoms with Gasteiger partial charge in [0.25, 0.3) is 5.91 Å². The Kier molecular flexibility index (Phi) is 4.55. The molecule has 2 aromatic carbocycles. The quantitative estimate of drug-likeness (QED) is 0.407. The van der Waals surface area contributed by atoms with Crippen molar-refractivity contribution in [3.8, 4) is 0 Å². The SMILES string of the molecule is Cc1nn(C(=O)c2ccccc2)c(C)c1N=Nc1nc2c(Cl)cccc2s1. The van der Waals surface area contributed by atoms with Gasteiger partial charge in [-0.2, -0.15) is 9.78 Å². The first-order valence-corrected chi connectivity index (χ1v) is 9.37. The number of carbonyl (C=O) groups excluding carboxylic acids is 1. The highest BCUT2D eigenvalue weighted by atomic mass is 35.5. The van der Waals surface area contributed by atoms with E-state index in [4.69, 9.17) is 11.6 Å². The molecular weight excluding hydrogens is 382 g/mol. The van der Waals surface area contributed by atoms with E-state index in [9.17, 15) is 4.79 Å². The van der Waals surface area contributed by atoms with Gasteiger partial charge in [0.2, 0.25) is 5.13 Å². The fraction of sp³-hybridized carbons (Fsp3) is 0.105. The van der Waals surface area contributed by atoms with Crippen LogP contribution in [0.3, 0.4) is 0 Å². The fourth-order valence-electron chi connectivity index (χ4n) is 2.72. The van der Waals surface area contributed by atoms with Gasteiger partial charge in [-0.25, -0.2) is 4.98 Å². The molecule has 2 heterocycles. The summed E-state index contributed by atoms with van der Waals surface area (Å²) in [6.07, 6.45) is 0. The minimum Gasteiger partial charge on any atom is -0.267 e. The topological polar surface area (TPSA) is 72.5 Å². The van der Waals surface area contributed by atoms with E-state index in [1.807, 2.05) is 30.3 Å². The van der Waals surface area contributed by atoms with Crippen molar-refractivity contribution in [1.29, 1.82) is 0 Å². The number of thiazole rings is 1. The van der Waals surface area contributed by atoms with Gasteiger partial charge in [-0.15, -0.1) is 10.2 Å². The summed E-state index contributed by atoms with van der Waals surface area (Å²) in [5, 5.41) is 13.9. The number of rotatable bonds is 3. The van der Waals surface area contributed by atoms with E-state index >= 15 is 0 Å². The van der Waals surface area contributed by atoms with Gasteiger partial charge in [-0.05, 0) is 38.1 Å². The molecule has 0 N–H and O–H groups in total. The Bertz CT molecular complexity index is 1180. The first kappa shape index (κ1) is 17.5. The predicted molar refractivity (Wildman–Crippen MR) is 107 cm³/mol. The Labute approximate surface area is 164 Å². The molecule has 8 heteroatoms. The van der Waals surface area contributed by atoms with E-state index in [0.29, 0.717) is 38.3 Å². The van der Waals surface area contributed by atoms with E-state index in [1.54, 1.807) is 32.0 Å². The second-order valence-corrected chi connectivity index (χ2v) is 7.30. The summed E-state index contributed by atoms with van der Waals surface area (Å²) in [5.74, 6) is -0.204. The molecule has 0 spiro atoms. The van der Waals surface area contributed by atoms with Gasteiger partial charge in [-0.1, -0.05) is 47.2 Å². The van der Waals surface area contributed by atoms with E-state index in [-0.39, 0.29) is 5.91 Å². The standard InChI is InChI=1S/C19H14ClN5OS/c1-11-16(12(2)25(24-11)18(26)13-7-4-3-5-8-13)22-23-19-21-17-14(20)9-6-10-15(17)27-19/h3-10H,1-2H3. The summed E-state index contributed by atoms with van der Waals surface area (Å²) in [6.45, 7) is 3.59. The van der Waals surface area contributed by atoms with Crippen molar-refractivity contribution in [3.63, 3.8) is 0 Å². The first-order valence-electron chi connectivity index (χ1n) is 8.17. The maximum Gasteiger partial charge on any atom is 0.278 e. The molecule has 2 aromatic heterocycles. The van der Waals surface area contributed by atoms with Crippen molar-refractivity contribution in [2.75, 3.05) is 0 Å². The molecule has 0 radical (unpaired) electrons. The lowest BCUT2D eigenvalue weighted by atomic mass is 10.2. The molecule has 4 aromatic rings. The number of aromatic nitrogens is 3. The monoisotopic (exact) mass is 395 g/mol. The number of halogens is 1. The van der Waals surface area contributed by atoms with Gasteiger partial charge in [-0.3, -0.25) is 4.79 Å². The molecule has 0 aliphatic heterocycles. The number of hydrogen-bond acceptors (Lipinski definition) is 6. The minimum atomic E-state index is -0.204. The number of hydrogen-bond donors (Lipinski definition) is 0. The molecule has 0 unspecified atom stereocenters. The first-order chi connectivity index (χ1) is 13.0. The molecule has 0 amide bonds. The zero-order valence-electron chi connectivity index (χ0n) is 14.5. The number of benzene rings is 2. The Morgan fingerprint density at radius 1 is 1.07 bits per heavy atom. The Morgan fingerprint density at radius 3 is 2.59 bits per heavy atom. The van der Waals surface area contributed by atoms with Gasteiger partial charge < -0.3 is 0 Å². The molecule has 27 heavy (non-hydrogen) atoms. The van der Waals surface area contributed by atoms with Gasteiger partial charge in [0.1, 0.15) is 11.2 Å². The molecule has 0 bridgehead atoms. The maximum atomic E-state index is 12.7. The third kappa shape index (κ3) is 3.27. The highest BCUT2D eigenvalue weighted by Gasteiger charge is 2.18. The largest absolute Gasteiger partial charge is 0.278 e. The highest BCUT2D eigenvalue weighted by molar-refractivity contribution is 7.22. The number of aryl methyl sites for hydroxylation is 1. The lowest BCUT2D eigenvalue weighted by Gasteiger charge is -2.02. The van der Waals surface area contributed by atoms with Gasteiger partial charge >= 0.3 is 0 Å². The molecular formula is C19H14ClN5OS. The maximum absolute atomic E-state index is 12.7. The van der Waals surface area contributed by atoms with E-state index in [2.05, 4.69) is 20.3 Å². The van der Waals surface area contributed by atoms with Crippen molar-refractivity contribution in [1.82, 2.24) is 14.8 Å². The van der Waals surface area contributed by atoms with Gasteiger partial charge in [0, 0.05) is 5.56 Å². The number of fused-ring (bicyclic) bond motifs is 1. The second kappa shape index (κ2) is 7.02. The average molecular weight is 396 g/mol. The van der Waals surface area contributed by atoms with Crippen molar-refractivity contribution < 1.29 is 4.79 Å². The van der Waals surface area contributed by atoms with E-state index in [0.717, 1.165) is 4.70 Å². The summed E-state index contributed by atoms with van der Waals surface area (Å²) in [4.78, 5) is 17.1. The molecule has 0 aliphatic carbocycles. The zero-order valence-corrected chi connectivity index (χ0v) is 16.1. The van der Waals surface area contributed by atoms with Crippen LogP contribution in [-0.4, -0.2) is 20.7 Å². The van der Waals surface area contributed by atoms with Crippen LogP contribution in [0.4, 0.5) is 10.8 Å². The number of carbonyl (C=O) groups is 1. The number of para-hydroxylation sites is 1. The van der Waals surface area contributed by atoms with Crippen LogP contribution in [0.2, 0.25) is 5.02 Å². The van der Waals surface area contributed by atoms with Crippen LogP contribution in [0.1, 0.15) is 21.7 Å². The van der Waals surface area contributed by atoms with Crippen LogP contribution in [0.15, 0.2) is 58.8 Å². The van der Waals surface area contributed by atoms with Crippen LogP contribution in [0.25, 0.3) is 10.2 Å². The molecule has 134 valence electrons. The zero-order chi connectivity index (χ0) is 19.0. The smallest absolute Gasteiger partial charge is 0.267 e. The number of azo groups is 1. The van der Waals surface area contributed by atoms with E-state index in [1.165, 1.54) is 16.0 Å². The highest BCUT2D eigenvalue weighted by Crippen LogP contribution is 2.34. The predicted octanol–water partition coefficient (Wildman–Crippen LogP) is 5.87. The van der Waals surface area contributed by atoms with E-state index < -0.39 is 0 Å². The summed E-state index contributed by atoms with van der Waals surface area (Å²) in [7, 11) is 0. The van der Waals surface area contributed by atoms with Crippen molar-refractivity contribution in [2.24, 2.45) is 10.2 Å². The molecule has 0 fully saturated rings. The third-order valence-corrected chi connectivity index (χ3v) is 5.27. The number of nitrogens with zero attached hydrogens (tertiary/aromatic N) is 5. The summed E-state index contributed by atoms with van der Waals surface area (Å²) in [5.41, 5.74) is 3.09. The van der Waals surface area contributed by atoms with Gasteiger partial charge in [0.15, 0.2) is 0 Å². The Balaban J connectivity index is 1.68. The van der Waals surface area contributed by atoms with Crippen molar-refractivity contribution >= 4 is 49.9 Å². The summed E-state index contributed by atoms with van der Waals surface area (Å²) in [6, 6.07) is 14.6.